The van der Waals surface area contributed by atoms with Crippen LogP contribution >= 0.6 is 0 Å². The molecule has 4 heteroatoms. The molecule has 2 aromatic rings. The predicted octanol–water partition coefficient (Wildman–Crippen LogP) is 2.76. The number of likely N-dealkylation sites (tertiary alicyclic amines) is 2. The van der Waals surface area contributed by atoms with Gasteiger partial charge in [0, 0.05) is 32.6 Å². The van der Waals surface area contributed by atoms with Gasteiger partial charge in [-0.05, 0) is 29.5 Å². The van der Waals surface area contributed by atoms with Gasteiger partial charge in [0.1, 0.15) is 5.76 Å². The Morgan fingerprint density at radius 1 is 0.957 bits per heavy atom. The minimum atomic E-state index is 0.301. The minimum absolute atomic E-state index is 0.301. The zero-order valence-corrected chi connectivity index (χ0v) is 13.2. The monoisotopic (exact) mass is 310 g/mol. The molecule has 23 heavy (non-hydrogen) atoms. The minimum Gasteiger partial charge on any atom is -0.468 e. The Morgan fingerprint density at radius 3 is 2.57 bits per heavy atom. The highest BCUT2D eigenvalue weighted by molar-refractivity contribution is 5.77. The van der Waals surface area contributed by atoms with Crippen molar-refractivity contribution in [1.29, 1.82) is 0 Å². The van der Waals surface area contributed by atoms with E-state index in [9.17, 15) is 4.79 Å². The van der Waals surface area contributed by atoms with E-state index in [1.807, 2.05) is 35.2 Å². The van der Waals surface area contributed by atoms with Gasteiger partial charge in [-0.3, -0.25) is 9.69 Å². The van der Waals surface area contributed by atoms with Crippen molar-refractivity contribution in [2.45, 2.75) is 19.5 Å². The zero-order valence-electron chi connectivity index (χ0n) is 13.2. The second kappa shape index (κ2) is 6.20. The molecule has 1 amide bonds. The van der Waals surface area contributed by atoms with Crippen molar-refractivity contribution >= 4 is 5.91 Å². The number of rotatable bonds is 4. The van der Waals surface area contributed by atoms with Crippen molar-refractivity contribution in [3.63, 3.8) is 0 Å². The van der Waals surface area contributed by atoms with Gasteiger partial charge in [0.05, 0.1) is 12.8 Å². The highest BCUT2D eigenvalue weighted by Crippen LogP contribution is 2.33. The Morgan fingerprint density at radius 2 is 1.78 bits per heavy atom. The largest absolute Gasteiger partial charge is 0.468 e. The first-order valence-corrected chi connectivity index (χ1v) is 8.34. The van der Waals surface area contributed by atoms with Gasteiger partial charge in [-0.25, -0.2) is 0 Å². The number of furan rings is 1. The fourth-order valence-corrected chi connectivity index (χ4v) is 3.92. The highest BCUT2D eigenvalue weighted by atomic mass is 16.3. The average Bonchev–Trinajstić information content (AvgIpc) is 3.18. The molecule has 4 nitrogen and oxygen atoms in total. The Bertz CT molecular complexity index is 653. The molecule has 0 spiro atoms. The molecule has 4 rings (SSSR count). The third-order valence-electron chi connectivity index (χ3n) is 5.07. The summed E-state index contributed by atoms with van der Waals surface area (Å²) in [6.45, 7) is 4.54. The van der Waals surface area contributed by atoms with Gasteiger partial charge >= 0.3 is 0 Å². The van der Waals surface area contributed by atoms with E-state index < -0.39 is 0 Å². The first-order valence-electron chi connectivity index (χ1n) is 8.34. The second-order valence-electron chi connectivity index (χ2n) is 6.76. The molecule has 0 bridgehead atoms. The summed E-state index contributed by atoms with van der Waals surface area (Å²) >= 11 is 0. The second-order valence-corrected chi connectivity index (χ2v) is 6.76. The number of amides is 1. The van der Waals surface area contributed by atoms with Crippen molar-refractivity contribution in [3.8, 4) is 0 Å². The molecule has 0 saturated carbocycles. The lowest BCUT2D eigenvalue weighted by atomic mass is 9.88. The lowest BCUT2D eigenvalue weighted by Gasteiger charge is -2.34. The first kappa shape index (κ1) is 14.5. The quantitative estimate of drug-likeness (QED) is 0.871. The summed E-state index contributed by atoms with van der Waals surface area (Å²) in [4.78, 5) is 16.9. The molecular formula is C19H22N2O2. The maximum Gasteiger partial charge on any atom is 0.223 e. The van der Waals surface area contributed by atoms with Crippen LogP contribution in [0.4, 0.5) is 0 Å². The standard InChI is InChI=1S/C19H22N2O2/c22-19-9-16-11-20(14-18-7-4-8-23-18)12-17(16)13-21(19)10-15-5-2-1-3-6-15/h1-8,16-17H,9-14H2/t16-,17-/m0/s1. The number of carbonyl (C=O) groups is 1. The molecule has 1 aromatic carbocycles. The topological polar surface area (TPSA) is 36.7 Å². The zero-order chi connectivity index (χ0) is 15.6. The van der Waals surface area contributed by atoms with Crippen molar-refractivity contribution in [1.82, 2.24) is 9.80 Å². The molecule has 3 heterocycles. The molecule has 120 valence electrons. The Balaban J connectivity index is 1.39. The number of hydrogen-bond donors (Lipinski definition) is 0. The van der Waals surface area contributed by atoms with E-state index in [1.54, 1.807) is 6.26 Å². The molecule has 2 aliphatic heterocycles. The van der Waals surface area contributed by atoms with Crippen LogP contribution in [0.3, 0.4) is 0 Å². The molecule has 2 saturated heterocycles. The number of hydrogen-bond acceptors (Lipinski definition) is 3. The molecule has 0 N–H and O–H groups in total. The van der Waals surface area contributed by atoms with Crippen LogP contribution in [0.15, 0.2) is 53.1 Å². The van der Waals surface area contributed by atoms with Crippen LogP contribution in [-0.4, -0.2) is 35.3 Å². The van der Waals surface area contributed by atoms with E-state index in [0.717, 1.165) is 38.5 Å². The molecular weight excluding hydrogens is 288 g/mol. The third kappa shape index (κ3) is 3.17. The summed E-state index contributed by atoms with van der Waals surface area (Å²) < 4.78 is 5.45. The number of benzene rings is 1. The van der Waals surface area contributed by atoms with Gasteiger partial charge < -0.3 is 9.32 Å². The number of piperidine rings is 1. The van der Waals surface area contributed by atoms with Gasteiger partial charge in [-0.2, -0.15) is 0 Å². The van der Waals surface area contributed by atoms with E-state index in [0.29, 0.717) is 24.2 Å². The maximum atomic E-state index is 12.5. The van der Waals surface area contributed by atoms with Crippen LogP contribution in [0.5, 0.6) is 0 Å². The molecule has 0 aliphatic carbocycles. The van der Waals surface area contributed by atoms with E-state index in [4.69, 9.17) is 4.42 Å². The van der Waals surface area contributed by atoms with Gasteiger partial charge in [-0.1, -0.05) is 30.3 Å². The van der Waals surface area contributed by atoms with E-state index in [1.165, 1.54) is 5.56 Å². The van der Waals surface area contributed by atoms with Gasteiger partial charge in [0.15, 0.2) is 0 Å². The fraction of sp³-hybridized carbons (Fsp3) is 0.421. The lowest BCUT2D eigenvalue weighted by molar-refractivity contribution is -0.136. The summed E-state index contributed by atoms with van der Waals surface area (Å²) in [7, 11) is 0. The predicted molar refractivity (Wildman–Crippen MR) is 87.4 cm³/mol. The highest BCUT2D eigenvalue weighted by Gasteiger charge is 2.40. The molecule has 2 aliphatic rings. The SMILES string of the molecule is O=C1C[C@H]2CN(Cc3ccco3)C[C@H]2CN1Cc1ccccc1. The van der Waals surface area contributed by atoms with E-state index in [-0.39, 0.29) is 0 Å². The smallest absolute Gasteiger partial charge is 0.223 e. The van der Waals surface area contributed by atoms with Gasteiger partial charge in [-0.15, -0.1) is 0 Å². The van der Waals surface area contributed by atoms with Crippen LogP contribution in [0.2, 0.25) is 0 Å². The van der Waals surface area contributed by atoms with E-state index >= 15 is 0 Å². The number of nitrogens with zero attached hydrogens (tertiary/aromatic N) is 2. The molecule has 0 radical (unpaired) electrons. The molecule has 2 atom stereocenters. The summed E-state index contributed by atoms with van der Waals surface area (Å²) in [6.07, 6.45) is 2.41. The van der Waals surface area contributed by atoms with Crippen LogP contribution in [0.25, 0.3) is 0 Å². The third-order valence-corrected chi connectivity index (χ3v) is 5.07. The van der Waals surface area contributed by atoms with Gasteiger partial charge in [0.25, 0.3) is 0 Å². The lowest BCUT2D eigenvalue weighted by Crippen LogP contribution is -2.43. The Labute approximate surface area is 136 Å². The van der Waals surface area contributed by atoms with Crippen molar-refractivity contribution in [2.24, 2.45) is 11.8 Å². The van der Waals surface area contributed by atoms with E-state index in [2.05, 4.69) is 17.0 Å². The Hall–Kier alpha value is -2.07. The molecule has 1 aromatic heterocycles. The summed E-state index contributed by atoms with van der Waals surface area (Å²) in [6, 6.07) is 14.2. The Kier molecular flexibility index (Phi) is 3.92. The summed E-state index contributed by atoms with van der Waals surface area (Å²) in [5.74, 6) is 2.40. The van der Waals surface area contributed by atoms with Crippen LogP contribution < -0.4 is 0 Å². The van der Waals surface area contributed by atoms with Crippen LogP contribution in [-0.2, 0) is 17.9 Å². The van der Waals surface area contributed by atoms with Crippen LogP contribution in [0.1, 0.15) is 17.7 Å². The van der Waals surface area contributed by atoms with Crippen molar-refractivity contribution in [2.75, 3.05) is 19.6 Å². The molecule has 0 unspecified atom stereocenters. The molecule has 2 fully saturated rings. The van der Waals surface area contributed by atoms with Crippen LogP contribution in [0, 0.1) is 11.8 Å². The number of fused-ring (bicyclic) bond motifs is 1. The fourth-order valence-electron chi connectivity index (χ4n) is 3.92. The summed E-state index contributed by atoms with van der Waals surface area (Å²) in [5.41, 5.74) is 1.21. The van der Waals surface area contributed by atoms with Gasteiger partial charge in [0.2, 0.25) is 5.91 Å². The maximum absolute atomic E-state index is 12.5. The van der Waals surface area contributed by atoms with Crippen molar-refractivity contribution in [3.05, 3.63) is 60.1 Å². The summed E-state index contributed by atoms with van der Waals surface area (Å²) in [5, 5.41) is 0. The first-order chi connectivity index (χ1) is 11.3. The normalized spacial score (nSPS) is 24.9. The van der Waals surface area contributed by atoms with Crippen molar-refractivity contribution < 1.29 is 9.21 Å². The average molecular weight is 310 g/mol. The number of carbonyl (C=O) groups excluding carboxylic acids is 1.